The molecule has 4 amide bonds. The number of anilines is 2. The molecule has 2 saturated heterocycles. The van der Waals surface area contributed by atoms with E-state index < -0.39 is 18.2 Å². The fourth-order valence-corrected chi connectivity index (χ4v) is 5.35. The SMILES string of the molecule is CC(=O)N1CCC[C@H]1C(=O)Nc1ccc(C#Cc2ccc(NC(=O)C3CCCN3C(=O)OCc3ccccc3)cc2)cc1. The molecule has 1 unspecified atom stereocenters. The van der Waals surface area contributed by atoms with Gasteiger partial charge in [0, 0.05) is 42.5 Å². The third kappa shape index (κ3) is 7.60. The summed E-state index contributed by atoms with van der Waals surface area (Å²) in [6.45, 7) is 2.74. The number of rotatable bonds is 6. The van der Waals surface area contributed by atoms with E-state index in [1.165, 1.54) is 11.8 Å². The molecule has 0 spiro atoms. The minimum Gasteiger partial charge on any atom is -0.445 e. The molecule has 43 heavy (non-hydrogen) atoms. The molecule has 0 radical (unpaired) electrons. The number of ether oxygens (including phenoxy) is 1. The van der Waals surface area contributed by atoms with Crippen LogP contribution in [-0.2, 0) is 25.7 Å². The van der Waals surface area contributed by atoms with E-state index in [2.05, 4.69) is 22.5 Å². The lowest BCUT2D eigenvalue weighted by atomic mass is 10.1. The second kappa shape index (κ2) is 13.7. The van der Waals surface area contributed by atoms with E-state index in [4.69, 9.17) is 4.74 Å². The van der Waals surface area contributed by atoms with E-state index in [0.29, 0.717) is 37.3 Å². The normalized spacial score (nSPS) is 17.5. The quantitative estimate of drug-likeness (QED) is 0.410. The molecule has 3 aromatic rings. The number of amides is 4. The van der Waals surface area contributed by atoms with E-state index in [1.54, 1.807) is 29.2 Å². The monoisotopic (exact) mass is 578 g/mol. The number of carbonyl (C=O) groups is 4. The van der Waals surface area contributed by atoms with Gasteiger partial charge in [0.2, 0.25) is 17.7 Å². The van der Waals surface area contributed by atoms with Gasteiger partial charge in [-0.1, -0.05) is 42.2 Å². The van der Waals surface area contributed by atoms with Gasteiger partial charge in [-0.05, 0) is 79.8 Å². The van der Waals surface area contributed by atoms with Gasteiger partial charge in [-0.2, -0.15) is 0 Å². The average molecular weight is 579 g/mol. The largest absolute Gasteiger partial charge is 0.445 e. The molecule has 0 aromatic heterocycles. The van der Waals surface area contributed by atoms with Crippen LogP contribution >= 0.6 is 0 Å². The van der Waals surface area contributed by atoms with Crippen LogP contribution in [0.3, 0.4) is 0 Å². The van der Waals surface area contributed by atoms with Crippen LogP contribution in [0, 0.1) is 11.8 Å². The van der Waals surface area contributed by atoms with Gasteiger partial charge >= 0.3 is 6.09 Å². The van der Waals surface area contributed by atoms with Crippen LogP contribution < -0.4 is 10.6 Å². The molecule has 2 N–H and O–H groups in total. The first-order valence-corrected chi connectivity index (χ1v) is 14.5. The highest BCUT2D eigenvalue weighted by Crippen LogP contribution is 2.22. The first-order chi connectivity index (χ1) is 20.9. The Labute approximate surface area is 251 Å². The first kappa shape index (κ1) is 29.4. The molecule has 2 aliphatic rings. The Morgan fingerprint density at radius 3 is 1.72 bits per heavy atom. The molecular weight excluding hydrogens is 544 g/mol. The Kier molecular flexibility index (Phi) is 9.37. The van der Waals surface area contributed by atoms with E-state index in [1.807, 2.05) is 54.6 Å². The number of carbonyl (C=O) groups excluding carboxylic acids is 4. The van der Waals surface area contributed by atoms with Gasteiger partial charge in [0.25, 0.3) is 0 Å². The van der Waals surface area contributed by atoms with Crippen molar-refractivity contribution in [2.75, 3.05) is 23.7 Å². The molecule has 2 aliphatic heterocycles. The summed E-state index contributed by atoms with van der Waals surface area (Å²) in [5.74, 6) is 5.70. The third-order valence-corrected chi connectivity index (χ3v) is 7.61. The van der Waals surface area contributed by atoms with Crippen molar-refractivity contribution < 1.29 is 23.9 Å². The molecule has 3 aromatic carbocycles. The van der Waals surface area contributed by atoms with E-state index in [0.717, 1.165) is 29.5 Å². The maximum Gasteiger partial charge on any atom is 0.410 e. The molecule has 2 heterocycles. The Morgan fingerprint density at radius 2 is 1.21 bits per heavy atom. The lowest BCUT2D eigenvalue weighted by Crippen LogP contribution is -2.43. The summed E-state index contributed by atoms with van der Waals surface area (Å²) in [6.07, 6.45) is 2.32. The van der Waals surface area contributed by atoms with Gasteiger partial charge in [-0.3, -0.25) is 19.3 Å². The van der Waals surface area contributed by atoms with Crippen molar-refractivity contribution in [3.63, 3.8) is 0 Å². The molecule has 220 valence electrons. The summed E-state index contributed by atoms with van der Waals surface area (Å²) in [4.78, 5) is 53.1. The number of likely N-dealkylation sites (tertiary alicyclic amines) is 2. The summed E-state index contributed by atoms with van der Waals surface area (Å²) in [6, 6.07) is 22.9. The van der Waals surface area contributed by atoms with Gasteiger partial charge < -0.3 is 20.3 Å². The standard InChI is InChI=1S/C34H34N4O5/c1-24(39)37-21-5-9-30(37)32(40)35-28-17-13-25(14-18-28)11-12-26-15-19-29(20-16-26)36-33(41)31-10-6-22-38(31)34(42)43-23-27-7-3-2-4-8-27/h2-4,7-8,13-20,30-31H,5-6,9-10,21-23H2,1H3,(H,35,40)(H,36,41)/t30-,31?/m0/s1. The fraction of sp³-hybridized carbons (Fsp3) is 0.294. The highest BCUT2D eigenvalue weighted by atomic mass is 16.6. The lowest BCUT2D eigenvalue weighted by Gasteiger charge is -2.23. The molecule has 5 rings (SSSR count). The number of nitrogens with zero attached hydrogens (tertiary/aromatic N) is 2. The molecule has 2 fully saturated rings. The van der Waals surface area contributed by atoms with Crippen LogP contribution in [0.25, 0.3) is 0 Å². The molecule has 9 nitrogen and oxygen atoms in total. The summed E-state index contributed by atoms with van der Waals surface area (Å²) in [7, 11) is 0. The predicted octanol–water partition coefficient (Wildman–Crippen LogP) is 4.78. The van der Waals surface area contributed by atoms with E-state index >= 15 is 0 Å². The highest BCUT2D eigenvalue weighted by molar-refractivity contribution is 5.98. The van der Waals surface area contributed by atoms with Crippen molar-refractivity contribution in [2.24, 2.45) is 0 Å². The van der Waals surface area contributed by atoms with Crippen molar-refractivity contribution in [1.29, 1.82) is 0 Å². The Bertz CT molecular complexity index is 1530. The van der Waals surface area contributed by atoms with Crippen molar-refractivity contribution in [2.45, 2.75) is 51.3 Å². The zero-order valence-corrected chi connectivity index (χ0v) is 24.0. The van der Waals surface area contributed by atoms with E-state index in [9.17, 15) is 19.2 Å². The molecular formula is C34H34N4O5. The van der Waals surface area contributed by atoms with Crippen LogP contribution in [0.1, 0.15) is 49.3 Å². The van der Waals surface area contributed by atoms with Crippen LogP contribution in [0.15, 0.2) is 78.9 Å². The van der Waals surface area contributed by atoms with Gasteiger partial charge in [0.1, 0.15) is 18.7 Å². The predicted molar refractivity (Wildman–Crippen MR) is 163 cm³/mol. The molecule has 0 aliphatic carbocycles. The second-order valence-electron chi connectivity index (χ2n) is 10.6. The van der Waals surface area contributed by atoms with Gasteiger partial charge in [-0.15, -0.1) is 0 Å². The van der Waals surface area contributed by atoms with Crippen LogP contribution in [0.4, 0.5) is 16.2 Å². The Hall–Kier alpha value is -5.10. The zero-order chi connectivity index (χ0) is 30.2. The molecule has 0 bridgehead atoms. The molecule has 2 atom stereocenters. The average Bonchev–Trinajstić information content (AvgIpc) is 3.72. The van der Waals surface area contributed by atoms with Crippen molar-refractivity contribution >= 4 is 35.2 Å². The topological polar surface area (TPSA) is 108 Å². The maximum atomic E-state index is 13.0. The smallest absolute Gasteiger partial charge is 0.410 e. The number of benzene rings is 3. The lowest BCUT2D eigenvalue weighted by molar-refractivity contribution is -0.134. The maximum absolute atomic E-state index is 13.0. The Morgan fingerprint density at radius 1 is 0.721 bits per heavy atom. The van der Waals surface area contributed by atoms with Crippen molar-refractivity contribution in [3.05, 3.63) is 95.6 Å². The van der Waals surface area contributed by atoms with Crippen LogP contribution in [-0.4, -0.2) is 58.8 Å². The second-order valence-corrected chi connectivity index (χ2v) is 10.6. The minimum atomic E-state index is -0.582. The number of hydrogen-bond acceptors (Lipinski definition) is 5. The first-order valence-electron chi connectivity index (χ1n) is 14.5. The summed E-state index contributed by atoms with van der Waals surface area (Å²) >= 11 is 0. The summed E-state index contributed by atoms with van der Waals surface area (Å²) in [5.41, 5.74) is 3.71. The third-order valence-electron chi connectivity index (χ3n) is 7.61. The molecule has 0 saturated carbocycles. The highest BCUT2D eigenvalue weighted by Gasteiger charge is 2.35. The van der Waals surface area contributed by atoms with Gasteiger partial charge in [-0.25, -0.2) is 4.79 Å². The summed E-state index contributed by atoms with van der Waals surface area (Å²) < 4.78 is 5.44. The summed E-state index contributed by atoms with van der Waals surface area (Å²) in [5, 5.41) is 5.79. The zero-order valence-electron chi connectivity index (χ0n) is 24.0. The number of hydrogen-bond donors (Lipinski definition) is 2. The van der Waals surface area contributed by atoms with Crippen molar-refractivity contribution in [3.8, 4) is 11.8 Å². The van der Waals surface area contributed by atoms with Crippen LogP contribution in [0.5, 0.6) is 0 Å². The fourth-order valence-electron chi connectivity index (χ4n) is 5.35. The van der Waals surface area contributed by atoms with Crippen LogP contribution in [0.2, 0.25) is 0 Å². The van der Waals surface area contributed by atoms with Crippen molar-refractivity contribution in [1.82, 2.24) is 9.80 Å². The van der Waals surface area contributed by atoms with Gasteiger partial charge in [0.15, 0.2) is 0 Å². The van der Waals surface area contributed by atoms with Gasteiger partial charge in [0.05, 0.1) is 0 Å². The Balaban J connectivity index is 1.12. The number of nitrogens with one attached hydrogen (secondary N) is 2. The molecule has 9 heteroatoms. The minimum absolute atomic E-state index is 0.0871. The van der Waals surface area contributed by atoms with E-state index in [-0.39, 0.29) is 24.3 Å².